The summed E-state index contributed by atoms with van der Waals surface area (Å²) < 4.78 is 0. The molecule has 0 fully saturated rings. The highest BCUT2D eigenvalue weighted by atomic mass is 16.2. The van der Waals surface area contributed by atoms with Crippen molar-refractivity contribution in [3.8, 4) is 0 Å². The average Bonchev–Trinajstić information content (AvgIpc) is 2.18. The van der Waals surface area contributed by atoms with Crippen LogP contribution in [0.1, 0.15) is 46.5 Å². The third-order valence-corrected chi connectivity index (χ3v) is 2.56. The first-order valence-electron chi connectivity index (χ1n) is 6.09. The summed E-state index contributed by atoms with van der Waals surface area (Å²) in [6, 6.07) is 0.288. The Balaban J connectivity index is 3.68. The van der Waals surface area contributed by atoms with E-state index in [-0.39, 0.29) is 11.9 Å². The second kappa shape index (κ2) is 8.72. The zero-order valence-electron chi connectivity index (χ0n) is 10.7. The molecule has 1 amide bonds. The third-order valence-electron chi connectivity index (χ3n) is 2.56. The van der Waals surface area contributed by atoms with Gasteiger partial charge in [-0.2, -0.15) is 0 Å². The summed E-state index contributed by atoms with van der Waals surface area (Å²) in [5.41, 5.74) is 0. The van der Waals surface area contributed by atoms with Crippen LogP contribution in [0.4, 0.5) is 0 Å². The van der Waals surface area contributed by atoms with Crippen molar-refractivity contribution in [1.29, 1.82) is 0 Å². The van der Waals surface area contributed by atoms with Gasteiger partial charge in [0.15, 0.2) is 0 Å². The molecule has 0 aliphatic rings. The van der Waals surface area contributed by atoms with Crippen LogP contribution < -0.4 is 5.32 Å². The number of unbranched alkanes of at least 4 members (excludes halogenated alkanes) is 2. The number of hydrogen-bond donors (Lipinski definition) is 1. The minimum atomic E-state index is 0.250. The topological polar surface area (TPSA) is 32.3 Å². The Bertz CT molecular complexity index is 171. The van der Waals surface area contributed by atoms with Crippen LogP contribution in [-0.4, -0.2) is 37.0 Å². The second-order valence-electron chi connectivity index (χ2n) is 4.19. The van der Waals surface area contributed by atoms with Gasteiger partial charge in [-0.3, -0.25) is 4.79 Å². The van der Waals surface area contributed by atoms with Crippen LogP contribution in [0.5, 0.6) is 0 Å². The molecule has 0 aromatic carbocycles. The molecule has 0 spiro atoms. The minimum absolute atomic E-state index is 0.250. The van der Waals surface area contributed by atoms with Gasteiger partial charge < -0.3 is 10.2 Å². The van der Waals surface area contributed by atoms with Crippen molar-refractivity contribution in [3.63, 3.8) is 0 Å². The molecule has 0 aliphatic carbocycles. The van der Waals surface area contributed by atoms with E-state index in [1.54, 1.807) is 0 Å². The van der Waals surface area contributed by atoms with Crippen LogP contribution in [-0.2, 0) is 4.79 Å². The molecule has 1 unspecified atom stereocenters. The predicted octanol–water partition coefficient (Wildman–Crippen LogP) is 2.02. The Morgan fingerprint density at radius 1 is 1.33 bits per heavy atom. The number of rotatable bonds is 8. The molecule has 0 aromatic rings. The van der Waals surface area contributed by atoms with Crippen LogP contribution >= 0.6 is 0 Å². The molecule has 0 saturated carbocycles. The van der Waals surface area contributed by atoms with E-state index in [0.717, 1.165) is 19.5 Å². The maximum absolute atomic E-state index is 11.7. The van der Waals surface area contributed by atoms with Gasteiger partial charge in [-0.25, -0.2) is 0 Å². The van der Waals surface area contributed by atoms with Gasteiger partial charge >= 0.3 is 0 Å². The number of amides is 1. The molecular formula is C12H26N2O. The first-order valence-corrected chi connectivity index (χ1v) is 6.09. The van der Waals surface area contributed by atoms with E-state index >= 15 is 0 Å². The molecule has 0 saturated heterocycles. The fraction of sp³-hybridized carbons (Fsp3) is 0.917. The lowest BCUT2D eigenvalue weighted by Crippen LogP contribution is -2.35. The number of carbonyl (C=O) groups is 1. The predicted molar refractivity (Wildman–Crippen MR) is 64.9 cm³/mol. The summed E-state index contributed by atoms with van der Waals surface area (Å²) in [4.78, 5) is 13.6. The standard InChI is InChI=1S/C12H26N2O/c1-5-7-8-9-14(4)12(15)10-11(3)13-6-2/h11,13H,5-10H2,1-4H3. The molecule has 0 bridgehead atoms. The molecule has 1 atom stereocenters. The van der Waals surface area contributed by atoms with Gasteiger partial charge in [0.2, 0.25) is 5.91 Å². The van der Waals surface area contributed by atoms with Crippen LogP contribution in [0, 0.1) is 0 Å². The first-order chi connectivity index (χ1) is 7.11. The maximum atomic E-state index is 11.7. The van der Waals surface area contributed by atoms with Crippen LogP contribution in [0.15, 0.2) is 0 Å². The molecule has 0 radical (unpaired) electrons. The van der Waals surface area contributed by atoms with E-state index in [9.17, 15) is 4.79 Å². The van der Waals surface area contributed by atoms with Crippen LogP contribution in [0.3, 0.4) is 0 Å². The summed E-state index contributed by atoms with van der Waals surface area (Å²) in [5, 5.41) is 3.25. The number of hydrogen-bond acceptors (Lipinski definition) is 2. The molecule has 0 heterocycles. The summed E-state index contributed by atoms with van der Waals surface area (Å²) >= 11 is 0. The van der Waals surface area contributed by atoms with E-state index in [1.165, 1.54) is 12.8 Å². The van der Waals surface area contributed by atoms with E-state index < -0.39 is 0 Å². The van der Waals surface area contributed by atoms with Crippen molar-refractivity contribution in [2.24, 2.45) is 0 Å². The van der Waals surface area contributed by atoms with Crippen LogP contribution in [0.25, 0.3) is 0 Å². The molecular weight excluding hydrogens is 188 g/mol. The normalized spacial score (nSPS) is 12.5. The smallest absolute Gasteiger partial charge is 0.223 e. The zero-order valence-corrected chi connectivity index (χ0v) is 10.7. The molecule has 0 aromatic heterocycles. The third kappa shape index (κ3) is 7.37. The van der Waals surface area contributed by atoms with Gasteiger partial charge in [0.25, 0.3) is 0 Å². The van der Waals surface area contributed by atoms with Crippen molar-refractivity contribution < 1.29 is 4.79 Å². The van der Waals surface area contributed by atoms with Gasteiger partial charge in [-0.15, -0.1) is 0 Å². The highest BCUT2D eigenvalue weighted by Gasteiger charge is 2.11. The summed E-state index contributed by atoms with van der Waals surface area (Å²) in [5.74, 6) is 0.250. The lowest BCUT2D eigenvalue weighted by atomic mass is 10.2. The van der Waals surface area contributed by atoms with Gasteiger partial charge in [-0.1, -0.05) is 26.7 Å². The maximum Gasteiger partial charge on any atom is 0.223 e. The van der Waals surface area contributed by atoms with E-state index in [0.29, 0.717) is 6.42 Å². The molecule has 1 N–H and O–H groups in total. The lowest BCUT2D eigenvalue weighted by molar-refractivity contribution is -0.130. The van der Waals surface area contributed by atoms with Gasteiger partial charge in [0, 0.05) is 26.1 Å². The molecule has 3 heteroatoms. The number of nitrogens with one attached hydrogen (secondary N) is 1. The molecule has 0 rings (SSSR count). The largest absolute Gasteiger partial charge is 0.346 e. The Hall–Kier alpha value is -0.570. The quantitative estimate of drug-likeness (QED) is 0.627. The zero-order chi connectivity index (χ0) is 11.7. The van der Waals surface area contributed by atoms with Crippen molar-refractivity contribution in [3.05, 3.63) is 0 Å². The Morgan fingerprint density at radius 3 is 2.53 bits per heavy atom. The summed E-state index contributed by atoms with van der Waals surface area (Å²) in [6.45, 7) is 8.11. The first kappa shape index (κ1) is 14.4. The van der Waals surface area contributed by atoms with Crippen molar-refractivity contribution in [2.75, 3.05) is 20.1 Å². The van der Waals surface area contributed by atoms with Gasteiger partial charge in [-0.05, 0) is 19.9 Å². The fourth-order valence-electron chi connectivity index (χ4n) is 1.56. The highest BCUT2D eigenvalue weighted by Crippen LogP contribution is 2.00. The Labute approximate surface area is 94.2 Å². The van der Waals surface area contributed by atoms with Crippen molar-refractivity contribution in [2.45, 2.75) is 52.5 Å². The molecule has 15 heavy (non-hydrogen) atoms. The average molecular weight is 214 g/mol. The summed E-state index contributed by atoms with van der Waals surface area (Å²) in [7, 11) is 1.90. The van der Waals surface area contributed by atoms with Crippen molar-refractivity contribution in [1.82, 2.24) is 10.2 Å². The number of carbonyl (C=O) groups excluding carboxylic acids is 1. The van der Waals surface area contributed by atoms with E-state index in [4.69, 9.17) is 0 Å². The van der Waals surface area contributed by atoms with Crippen LogP contribution in [0.2, 0.25) is 0 Å². The Morgan fingerprint density at radius 2 is 2.00 bits per heavy atom. The highest BCUT2D eigenvalue weighted by molar-refractivity contribution is 5.76. The molecule has 90 valence electrons. The second-order valence-corrected chi connectivity index (χ2v) is 4.19. The van der Waals surface area contributed by atoms with Gasteiger partial charge in [0.1, 0.15) is 0 Å². The molecule has 3 nitrogen and oxygen atoms in total. The minimum Gasteiger partial charge on any atom is -0.346 e. The van der Waals surface area contributed by atoms with E-state index in [1.807, 2.05) is 11.9 Å². The van der Waals surface area contributed by atoms with E-state index in [2.05, 4.69) is 26.1 Å². The number of nitrogens with zero attached hydrogens (tertiary/aromatic N) is 1. The fourth-order valence-corrected chi connectivity index (χ4v) is 1.56. The lowest BCUT2D eigenvalue weighted by Gasteiger charge is -2.19. The molecule has 0 aliphatic heterocycles. The monoisotopic (exact) mass is 214 g/mol. The SMILES string of the molecule is CCCCCN(C)C(=O)CC(C)NCC. The summed E-state index contributed by atoms with van der Waals surface area (Å²) in [6.07, 6.45) is 4.14. The Kier molecular flexibility index (Phi) is 8.38. The van der Waals surface area contributed by atoms with Gasteiger partial charge in [0.05, 0.1) is 0 Å². The van der Waals surface area contributed by atoms with Crippen molar-refractivity contribution >= 4 is 5.91 Å².